The molecule has 0 atom stereocenters. The zero-order chi connectivity index (χ0) is 17.8. The Morgan fingerprint density at radius 1 is 1.28 bits per heavy atom. The second-order valence-electron chi connectivity index (χ2n) is 5.40. The summed E-state index contributed by atoms with van der Waals surface area (Å²) in [5, 5.41) is 1.77. The fourth-order valence-corrected chi connectivity index (χ4v) is 3.57. The van der Waals surface area contributed by atoms with Gasteiger partial charge < -0.3 is 4.74 Å². The van der Waals surface area contributed by atoms with Crippen LogP contribution in [-0.2, 0) is 12.3 Å². The third-order valence-corrected chi connectivity index (χ3v) is 5.00. The van der Waals surface area contributed by atoms with E-state index in [1.807, 2.05) is 24.3 Å². The summed E-state index contributed by atoms with van der Waals surface area (Å²) in [6.07, 6.45) is 1.70. The second kappa shape index (κ2) is 7.76. The first-order chi connectivity index (χ1) is 12.1. The summed E-state index contributed by atoms with van der Waals surface area (Å²) in [6, 6.07) is 13.0. The average Bonchev–Trinajstić information content (AvgIpc) is 2.63. The summed E-state index contributed by atoms with van der Waals surface area (Å²) in [4.78, 5) is 17.4. The molecule has 0 radical (unpaired) electrons. The molecule has 3 rings (SSSR count). The molecule has 0 unspecified atom stereocenters. The summed E-state index contributed by atoms with van der Waals surface area (Å²) in [5.41, 5.74) is 1.64. The lowest BCUT2D eigenvalue weighted by atomic mass is 10.2. The summed E-state index contributed by atoms with van der Waals surface area (Å²) in [7, 11) is 1.64. The van der Waals surface area contributed by atoms with Crippen LogP contribution < -0.4 is 10.3 Å². The van der Waals surface area contributed by atoms with E-state index in [2.05, 4.69) is 11.6 Å². The Morgan fingerprint density at radius 2 is 2.04 bits per heavy atom. The standard InChI is InChI=1S/C19H17ClN2O2S/c1-3-10-22-18(23)16-9-6-14(20)11-17(16)21-19(22)25-12-13-4-7-15(24-2)8-5-13/h3-9,11H,1,10,12H2,2H3. The van der Waals surface area contributed by atoms with Gasteiger partial charge in [0.1, 0.15) is 5.75 Å². The van der Waals surface area contributed by atoms with Gasteiger partial charge >= 0.3 is 0 Å². The van der Waals surface area contributed by atoms with Crippen LogP contribution in [0.2, 0.25) is 5.02 Å². The number of aromatic nitrogens is 2. The molecule has 3 aromatic rings. The number of hydrogen-bond donors (Lipinski definition) is 0. The quantitative estimate of drug-likeness (QED) is 0.362. The van der Waals surface area contributed by atoms with Crippen LogP contribution in [0.1, 0.15) is 5.56 Å². The highest BCUT2D eigenvalue weighted by atomic mass is 35.5. The summed E-state index contributed by atoms with van der Waals surface area (Å²) in [5.74, 6) is 1.51. The SMILES string of the molecule is C=CCn1c(SCc2ccc(OC)cc2)nc2cc(Cl)ccc2c1=O. The average molecular weight is 373 g/mol. The van der Waals surface area contributed by atoms with E-state index in [0.29, 0.717) is 33.4 Å². The van der Waals surface area contributed by atoms with E-state index in [4.69, 9.17) is 16.3 Å². The Balaban J connectivity index is 1.96. The Bertz CT molecular complexity index is 968. The third-order valence-electron chi connectivity index (χ3n) is 3.72. The third kappa shape index (κ3) is 3.89. The van der Waals surface area contributed by atoms with E-state index in [1.165, 1.54) is 11.8 Å². The molecule has 0 N–H and O–H groups in total. The molecule has 1 aromatic heterocycles. The van der Waals surface area contributed by atoms with Crippen molar-refractivity contribution in [3.05, 3.63) is 76.1 Å². The molecule has 0 aliphatic heterocycles. The van der Waals surface area contributed by atoms with Crippen molar-refractivity contribution >= 4 is 34.3 Å². The predicted octanol–water partition coefficient (Wildman–Crippen LogP) is 4.54. The van der Waals surface area contributed by atoms with Crippen molar-refractivity contribution in [2.24, 2.45) is 0 Å². The van der Waals surface area contributed by atoms with E-state index in [9.17, 15) is 4.79 Å². The molecule has 0 amide bonds. The molecule has 0 spiro atoms. The van der Waals surface area contributed by atoms with Crippen LogP contribution in [-0.4, -0.2) is 16.7 Å². The van der Waals surface area contributed by atoms with Gasteiger partial charge in [-0.3, -0.25) is 9.36 Å². The molecule has 25 heavy (non-hydrogen) atoms. The Hall–Kier alpha value is -2.24. The largest absolute Gasteiger partial charge is 0.497 e. The Morgan fingerprint density at radius 3 is 2.72 bits per heavy atom. The minimum Gasteiger partial charge on any atom is -0.497 e. The van der Waals surface area contributed by atoms with Gasteiger partial charge in [-0.25, -0.2) is 4.98 Å². The van der Waals surface area contributed by atoms with E-state index in [1.54, 1.807) is 36.0 Å². The lowest BCUT2D eigenvalue weighted by Crippen LogP contribution is -2.22. The van der Waals surface area contributed by atoms with Gasteiger partial charge in [-0.2, -0.15) is 0 Å². The maximum atomic E-state index is 12.7. The number of allylic oxidation sites excluding steroid dienone is 1. The molecule has 2 aromatic carbocycles. The number of nitrogens with zero attached hydrogens (tertiary/aromatic N) is 2. The molecule has 0 saturated heterocycles. The van der Waals surface area contributed by atoms with Crippen LogP contribution >= 0.6 is 23.4 Å². The number of halogens is 1. The lowest BCUT2D eigenvalue weighted by molar-refractivity contribution is 0.414. The minimum atomic E-state index is -0.0844. The lowest BCUT2D eigenvalue weighted by Gasteiger charge is -2.11. The van der Waals surface area contributed by atoms with Crippen LogP contribution in [0, 0.1) is 0 Å². The number of fused-ring (bicyclic) bond motifs is 1. The normalized spacial score (nSPS) is 10.8. The Labute approximate surface area is 155 Å². The topological polar surface area (TPSA) is 44.1 Å². The van der Waals surface area contributed by atoms with Crippen LogP contribution in [0.3, 0.4) is 0 Å². The highest BCUT2D eigenvalue weighted by Gasteiger charge is 2.11. The summed E-state index contributed by atoms with van der Waals surface area (Å²) >= 11 is 7.55. The van der Waals surface area contributed by atoms with Crippen molar-refractivity contribution < 1.29 is 4.74 Å². The Kier molecular flexibility index (Phi) is 5.46. The monoisotopic (exact) mass is 372 g/mol. The molecular weight excluding hydrogens is 356 g/mol. The highest BCUT2D eigenvalue weighted by Crippen LogP contribution is 2.24. The van der Waals surface area contributed by atoms with E-state index in [-0.39, 0.29) is 5.56 Å². The van der Waals surface area contributed by atoms with Gasteiger partial charge in [-0.1, -0.05) is 41.6 Å². The fraction of sp³-hybridized carbons (Fsp3) is 0.158. The van der Waals surface area contributed by atoms with Crippen molar-refractivity contribution in [1.82, 2.24) is 9.55 Å². The van der Waals surface area contributed by atoms with Crippen LogP contribution in [0.4, 0.5) is 0 Å². The second-order valence-corrected chi connectivity index (χ2v) is 6.78. The maximum absolute atomic E-state index is 12.7. The van der Waals surface area contributed by atoms with Gasteiger partial charge in [0.25, 0.3) is 5.56 Å². The predicted molar refractivity (Wildman–Crippen MR) is 104 cm³/mol. The van der Waals surface area contributed by atoms with Gasteiger partial charge in [-0.05, 0) is 35.9 Å². The molecule has 0 aliphatic carbocycles. The zero-order valence-electron chi connectivity index (χ0n) is 13.7. The van der Waals surface area contributed by atoms with Crippen molar-refractivity contribution in [2.75, 3.05) is 7.11 Å². The molecular formula is C19H17ClN2O2S. The van der Waals surface area contributed by atoms with E-state index in [0.717, 1.165) is 11.3 Å². The van der Waals surface area contributed by atoms with Crippen molar-refractivity contribution in [3.63, 3.8) is 0 Å². The summed E-state index contributed by atoms with van der Waals surface area (Å²) < 4.78 is 6.81. The van der Waals surface area contributed by atoms with Gasteiger partial charge in [0, 0.05) is 17.3 Å². The first kappa shape index (κ1) is 17.6. The molecule has 4 nitrogen and oxygen atoms in total. The van der Waals surface area contributed by atoms with Crippen LogP contribution in [0.25, 0.3) is 10.9 Å². The first-order valence-electron chi connectivity index (χ1n) is 7.69. The van der Waals surface area contributed by atoms with E-state index >= 15 is 0 Å². The number of benzene rings is 2. The number of hydrogen-bond acceptors (Lipinski definition) is 4. The van der Waals surface area contributed by atoms with Gasteiger partial charge in [0.05, 0.1) is 18.0 Å². The minimum absolute atomic E-state index is 0.0844. The van der Waals surface area contributed by atoms with Gasteiger partial charge in [-0.15, -0.1) is 6.58 Å². The highest BCUT2D eigenvalue weighted by molar-refractivity contribution is 7.98. The van der Waals surface area contributed by atoms with Crippen molar-refractivity contribution in [1.29, 1.82) is 0 Å². The van der Waals surface area contributed by atoms with Gasteiger partial charge in [0.15, 0.2) is 5.16 Å². The number of rotatable bonds is 6. The number of thioether (sulfide) groups is 1. The number of ether oxygens (including phenoxy) is 1. The maximum Gasteiger partial charge on any atom is 0.262 e. The molecule has 0 aliphatic rings. The van der Waals surface area contributed by atoms with E-state index < -0.39 is 0 Å². The van der Waals surface area contributed by atoms with Crippen molar-refractivity contribution in [2.45, 2.75) is 17.5 Å². The fourth-order valence-electron chi connectivity index (χ4n) is 2.44. The molecule has 128 valence electrons. The zero-order valence-corrected chi connectivity index (χ0v) is 15.3. The van der Waals surface area contributed by atoms with Crippen molar-refractivity contribution in [3.8, 4) is 5.75 Å². The van der Waals surface area contributed by atoms with Gasteiger partial charge in [0.2, 0.25) is 0 Å². The molecule has 6 heteroatoms. The molecule has 0 fully saturated rings. The first-order valence-corrected chi connectivity index (χ1v) is 9.05. The summed E-state index contributed by atoms with van der Waals surface area (Å²) in [6.45, 7) is 4.15. The number of methoxy groups -OCH3 is 1. The molecule has 1 heterocycles. The van der Waals surface area contributed by atoms with Crippen LogP contribution in [0.5, 0.6) is 5.75 Å². The molecule has 0 bridgehead atoms. The molecule has 0 saturated carbocycles. The van der Waals surface area contributed by atoms with Crippen LogP contribution in [0.15, 0.2) is 65.1 Å². The smallest absolute Gasteiger partial charge is 0.262 e.